The summed E-state index contributed by atoms with van der Waals surface area (Å²) in [6.07, 6.45) is 2.63. The number of benzene rings is 3. The van der Waals surface area contributed by atoms with Crippen molar-refractivity contribution in [1.29, 1.82) is 0 Å². The van der Waals surface area contributed by atoms with Crippen molar-refractivity contribution < 1.29 is 27.5 Å². The second-order valence-electron chi connectivity index (χ2n) is 8.50. The lowest BCUT2D eigenvalue weighted by Gasteiger charge is -2.26. The lowest BCUT2D eigenvalue weighted by molar-refractivity contribution is -0.119. The van der Waals surface area contributed by atoms with Crippen molar-refractivity contribution in [2.45, 2.75) is 24.2 Å². The number of hydrogen-bond donors (Lipinski definition) is 1. The molecule has 1 N–H and O–H groups in total. The summed E-state index contributed by atoms with van der Waals surface area (Å²) < 4.78 is 32.4. The van der Waals surface area contributed by atoms with E-state index in [1.165, 1.54) is 34.6 Å². The molecule has 0 unspecified atom stereocenters. The van der Waals surface area contributed by atoms with Crippen molar-refractivity contribution >= 4 is 45.0 Å². The quantitative estimate of drug-likeness (QED) is 0.332. The minimum atomic E-state index is -3.66. The topological polar surface area (TPSA) is 110 Å². The van der Waals surface area contributed by atoms with E-state index in [0.29, 0.717) is 23.7 Å². The normalized spacial score (nSPS) is 14.1. The summed E-state index contributed by atoms with van der Waals surface area (Å²) in [5, 5.41) is 3.03. The molecule has 0 spiro atoms. The Morgan fingerprint density at radius 1 is 0.865 bits per heavy atom. The van der Waals surface area contributed by atoms with E-state index in [1.807, 2.05) is 0 Å². The molecule has 1 aliphatic heterocycles. The Kier molecular flexibility index (Phi) is 8.38. The van der Waals surface area contributed by atoms with Crippen LogP contribution >= 0.6 is 11.6 Å². The Labute approximate surface area is 220 Å². The lowest BCUT2D eigenvalue weighted by Crippen LogP contribution is -2.35. The molecule has 0 aliphatic carbocycles. The molecular weight excluding hydrogens is 516 g/mol. The standard InChI is InChI=1S/C27H25ClN2O6S/c28-20-13-11-19(12-14-20)26(32)23-9-2-3-10-24(23)27(33)36-18-25(31)29-21-7-6-8-22(17-21)37(34,35)30-15-4-1-5-16-30/h2-3,6-14,17H,1,4-5,15-16,18H2,(H,29,31). The highest BCUT2D eigenvalue weighted by molar-refractivity contribution is 7.89. The van der Waals surface area contributed by atoms with E-state index in [-0.39, 0.29) is 27.5 Å². The van der Waals surface area contributed by atoms with Gasteiger partial charge in [-0.05, 0) is 61.4 Å². The molecule has 192 valence electrons. The van der Waals surface area contributed by atoms with Crippen LogP contribution in [0.15, 0.2) is 77.7 Å². The van der Waals surface area contributed by atoms with Gasteiger partial charge in [0.15, 0.2) is 12.4 Å². The van der Waals surface area contributed by atoms with Gasteiger partial charge in [0.2, 0.25) is 10.0 Å². The number of carbonyl (C=O) groups excluding carboxylic acids is 3. The van der Waals surface area contributed by atoms with E-state index >= 15 is 0 Å². The summed E-state index contributed by atoms with van der Waals surface area (Å²) in [4.78, 5) is 38.2. The molecule has 0 aromatic heterocycles. The summed E-state index contributed by atoms with van der Waals surface area (Å²) in [5.74, 6) is -1.88. The average molecular weight is 541 g/mol. The highest BCUT2D eigenvalue weighted by Crippen LogP contribution is 2.23. The Balaban J connectivity index is 1.40. The van der Waals surface area contributed by atoms with Crippen molar-refractivity contribution in [3.05, 3.63) is 94.5 Å². The minimum Gasteiger partial charge on any atom is -0.452 e. The zero-order chi connectivity index (χ0) is 26.4. The number of esters is 1. The molecule has 0 saturated carbocycles. The Morgan fingerprint density at radius 3 is 2.24 bits per heavy atom. The third-order valence-electron chi connectivity index (χ3n) is 5.90. The van der Waals surface area contributed by atoms with Gasteiger partial charge in [-0.15, -0.1) is 0 Å². The number of hydrogen-bond acceptors (Lipinski definition) is 6. The molecule has 1 fully saturated rings. The first-order valence-electron chi connectivity index (χ1n) is 11.7. The second kappa shape index (κ2) is 11.7. The molecule has 1 saturated heterocycles. The van der Waals surface area contributed by atoms with Crippen LogP contribution in [0.2, 0.25) is 5.02 Å². The molecule has 3 aromatic carbocycles. The Bertz CT molecular complexity index is 1420. The maximum Gasteiger partial charge on any atom is 0.339 e. The van der Waals surface area contributed by atoms with Crippen LogP contribution in [-0.2, 0) is 19.6 Å². The van der Waals surface area contributed by atoms with Crippen LogP contribution in [0.4, 0.5) is 5.69 Å². The molecule has 37 heavy (non-hydrogen) atoms. The number of nitrogens with zero attached hydrogens (tertiary/aromatic N) is 1. The molecule has 0 bridgehead atoms. The predicted octanol–water partition coefficient (Wildman–Crippen LogP) is 4.54. The predicted molar refractivity (Wildman–Crippen MR) is 139 cm³/mol. The monoisotopic (exact) mass is 540 g/mol. The molecule has 0 atom stereocenters. The fraction of sp³-hybridized carbons (Fsp3) is 0.222. The number of rotatable bonds is 8. The van der Waals surface area contributed by atoms with E-state index in [4.69, 9.17) is 16.3 Å². The van der Waals surface area contributed by atoms with E-state index in [9.17, 15) is 22.8 Å². The van der Waals surface area contributed by atoms with Gasteiger partial charge in [-0.2, -0.15) is 4.31 Å². The van der Waals surface area contributed by atoms with Gasteiger partial charge in [0.1, 0.15) is 0 Å². The maximum absolute atomic E-state index is 12.9. The first-order chi connectivity index (χ1) is 17.8. The first kappa shape index (κ1) is 26.5. The zero-order valence-electron chi connectivity index (χ0n) is 19.9. The van der Waals surface area contributed by atoms with Crippen LogP contribution in [0.5, 0.6) is 0 Å². The Hall–Kier alpha value is -3.53. The summed E-state index contributed by atoms with van der Waals surface area (Å²) in [6, 6.07) is 18.4. The van der Waals surface area contributed by atoms with Gasteiger partial charge in [-0.3, -0.25) is 9.59 Å². The van der Waals surface area contributed by atoms with Crippen molar-refractivity contribution in [3.8, 4) is 0 Å². The van der Waals surface area contributed by atoms with Gasteiger partial charge in [-0.25, -0.2) is 13.2 Å². The SMILES string of the molecule is O=C(COC(=O)c1ccccc1C(=O)c1ccc(Cl)cc1)Nc1cccc(S(=O)(=O)N2CCCCC2)c1. The summed E-state index contributed by atoms with van der Waals surface area (Å²) in [5.41, 5.74) is 0.759. The van der Waals surface area contributed by atoms with Crippen molar-refractivity contribution in [2.24, 2.45) is 0 Å². The van der Waals surface area contributed by atoms with Crippen molar-refractivity contribution in [2.75, 3.05) is 25.0 Å². The Morgan fingerprint density at radius 2 is 1.54 bits per heavy atom. The van der Waals surface area contributed by atoms with Crippen molar-refractivity contribution in [1.82, 2.24) is 4.31 Å². The van der Waals surface area contributed by atoms with Crippen LogP contribution in [-0.4, -0.2) is 50.1 Å². The molecule has 1 aliphatic rings. The van der Waals surface area contributed by atoms with Crippen molar-refractivity contribution in [3.63, 3.8) is 0 Å². The molecule has 3 aromatic rings. The maximum atomic E-state index is 12.9. The van der Waals surface area contributed by atoms with E-state index < -0.39 is 28.5 Å². The number of halogens is 1. The smallest absolute Gasteiger partial charge is 0.339 e. The van der Waals surface area contributed by atoms with Crippen LogP contribution in [0.1, 0.15) is 45.5 Å². The highest BCUT2D eigenvalue weighted by atomic mass is 35.5. The molecule has 1 heterocycles. The largest absolute Gasteiger partial charge is 0.452 e. The molecule has 8 nitrogen and oxygen atoms in total. The number of nitrogens with one attached hydrogen (secondary N) is 1. The van der Waals surface area contributed by atoms with E-state index in [1.54, 1.807) is 42.5 Å². The summed E-state index contributed by atoms with van der Waals surface area (Å²) >= 11 is 5.88. The van der Waals surface area contributed by atoms with E-state index in [2.05, 4.69) is 5.32 Å². The second-order valence-corrected chi connectivity index (χ2v) is 10.9. The van der Waals surface area contributed by atoms with Crippen LogP contribution < -0.4 is 5.32 Å². The fourth-order valence-electron chi connectivity index (χ4n) is 4.01. The number of piperidine rings is 1. The third kappa shape index (κ3) is 6.43. The van der Waals surface area contributed by atoms with Gasteiger partial charge < -0.3 is 10.1 Å². The van der Waals surface area contributed by atoms with Gasteiger partial charge >= 0.3 is 5.97 Å². The molecule has 4 rings (SSSR count). The summed E-state index contributed by atoms with van der Waals surface area (Å²) in [6.45, 7) is 0.319. The lowest BCUT2D eigenvalue weighted by atomic mass is 9.98. The molecule has 10 heteroatoms. The zero-order valence-corrected chi connectivity index (χ0v) is 21.4. The number of carbonyl (C=O) groups is 3. The fourth-order valence-corrected chi connectivity index (χ4v) is 5.70. The van der Waals surface area contributed by atoms with Crippen LogP contribution in [0, 0.1) is 0 Å². The highest BCUT2D eigenvalue weighted by Gasteiger charge is 2.26. The number of ether oxygens (including phenoxy) is 1. The first-order valence-corrected chi connectivity index (χ1v) is 13.5. The number of anilines is 1. The third-order valence-corrected chi connectivity index (χ3v) is 8.05. The van der Waals surface area contributed by atoms with Crippen LogP contribution in [0.25, 0.3) is 0 Å². The average Bonchev–Trinajstić information content (AvgIpc) is 2.92. The van der Waals surface area contributed by atoms with Gasteiger partial charge in [0.05, 0.1) is 10.5 Å². The van der Waals surface area contributed by atoms with E-state index in [0.717, 1.165) is 19.3 Å². The minimum absolute atomic E-state index is 0.0184. The van der Waals surface area contributed by atoms with Crippen LogP contribution in [0.3, 0.4) is 0 Å². The van der Waals surface area contributed by atoms with Gasteiger partial charge in [0.25, 0.3) is 5.91 Å². The molecule has 0 radical (unpaired) electrons. The summed E-state index contributed by atoms with van der Waals surface area (Å²) in [7, 11) is -3.66. The molecular formula is C27H25ClN2O6S. The molecule has 1 amide bonds. The number of amides is 1. The number of sulfonamides is 1. The van der Waals surface area contributed by atoms with Gasteiger partial charge in [-0.1, -0.05) is 42.3 Å². The number of ketones is 1. The van der Waals surface area contributed by atoms with Gasteiger partial charge in [0, 0.05) is 34.9 Å².